The molecule has 0 bridgehead atoms. The van der Waals surface area contributed by atoms with Gasteiger partial charge >= 0.3 is 6.09 Å². The summed E-state index contributed by atoms with van der Waals surface area (Å²) in [5.41, 5.74) is 1.15. The second-order valence-corrected chi connectivity index (χ2v) is 14.1. The first-order valence-electron chi connectivity index (χ1n) is 13.1. The summed E-state index contributed by atoms with van der Waals surface area (Å²) < 4.78 is 14.6. The number of ether oxygens (including phenoxy) is 2. The highest BCUT2D eigenvalue weighted by atomic mass is 127. The van der Waals surface area contributed by atoms with Crippen LogP contribution in [-0.4, -0.2) is 88.8 Å². The van der Waals surface area contributed by atoms with E-state index in [1.807, 2.05) is 32.8 Å². The summed E-state index contributed by atoms with van der Waals surface area (Å²) in [6.07, 6.45) is 4.73. The van der Waals surface area contributed by atoms with Crippen LogP contribution in [0.2, 0.25) is 0 Å². The molecular formula is C26H42IN5O3. The van der Waals surface area contributed by atoms with E-state index in [0.29, 0.717) is 18.2 Å². The minimum absolute atomic E-state index is 0.0648. The Morgan fingerprint density at radius 3 is 2.34 bits per heavy atom. The monoisotopic (exact) mass is 599 g/mol. The molecule has 4 heterocycles. The van der Waals surface area contributed by atoms with Crippen molar-refractivity contribution in [1.29, 1.82) is 0 Å². The Morgan fingerprint density at radius 1 is 1.11 bits per heavy atom. The van der Waals surface area contributed by atoms with Crippen LogP contribution in [0.15, 0.2) is 0 Å². The Hall–Kier alpha value is -1.07. The van der Waals surface area contributed by atoms with E-state index in [-0.39, 0.29) is 17.0 Å². The first-order chi connectivity index (χ1) is 16.3. The number of methoxy groups -OCH3 is 1. The topological polar surface area (TPSA) is 63.1 Å². The Morgan fingerprint density at radius 2 is 1.77 bits per heavy atom. The standard InChI is InChI=1S/C26H42IN5O3/c1-17-21(27)22(31-9-8-18(10-25(31,5)6)29-13-20(14-29)34-7)28-32(17)19-11-26(12-19)15-30(16-26)23(33)35-24(2,3)4/h18-20H,8-16H2,1-7H3. The minimum Gasteiger partial charge on any atom is -0.444 e. The lowest BCUT2D eigenvalue weighted by atomic mass is 9.61. The second-order valence-electron chi connectivity index (χ2n) is 13.0. The lowest BCUT2D eigenvalue weighted by Crippen LogP contribution is -2.64. The molecule has 0 radical (unpaired) electrons. The molecule has 1 spiro atoms. The number of carbonyl (C=O) groups is 1. The number of hydrogen-bond acceptors (Lipinski definition) is 6. The largest absolute Gasteiger partial charge is 0.444 e. The van der Waals surface area contributed by atoms with Gasteiger partial charge in [-0.2, -0.15) is 5.10 Å². The lowest BCUT2D eigenvalue weighted by Gasteiger charge is -2.58. The van der Waals surface area contributed by atoms with Gasteiger partial charge in [0.1, 0.15) is 5.60 Å². The fourth-order valence-corrected chi connectivity index (χ4v) is 7.24. The molecule has 1 aromatic heterocycles. The number of aromatic nitrogens is 2. The van der Waals surface area contributed by atoms with Crippen LogP contribution in [0, 0.1) is 15.9 Å². The number of hydrogen-bond donors (Lipinski definition) is 0. The van der Waals surface area contributed by atoms with Crippen LogP contribution < -0.4 is 4.90 Å². The summed E-state index contributed by atoms with van der Waals surface area (Å²) in [5, 5.41) is 5.20. The number of piperidine rings is 1. The normalized spacial score (nSPS) is 26.9. The predicted molar refractivity (Wildman–Crippen MR) is 145 cm³/mol. The molecule has 196 valence electrons. The number of likely N-dealkylation sites (tertiary alicyclic amines) is 2. The van der Waals surface area contributed by atoms with Crippen molar-refractivity contribution in [2.24, 2.45) is 5.41 Å². The molecule has 35 heavy (non-hydrogen) atoms. The zero-order chi connectivity index (χ0) is 25.3. The molecule has 1 saturated carbocycles. The maximum atomic E-state index is 12.3. The van der Waals surface area contributed by atoms with Gasteiger partial charge in [-0.3, -0.25) is 9.58 Å². The highest BCUT2D eigenvalue weighted by molar-refractivity contribution is 14.1. The third-order valence-corrected chi connectivity index (χ3v) is 9.84. The van der Waals surface area contributed by atoms with Crippen molar-refractivity contribution in [3.05, 3.63) is 9.26 Å². The first-order valence-corrected chi connectivity index (χ1v) is 14.2. The zero-order valence-corrected chi connectivity index (χ0v) is 24.6. The Balaban J connectivity index is 1.20. The molecule has 0 N–H and O–H groups in total. The molecule has 8 nitrogen and oxygen atoms in total. The third-order valence-electron chi connectivity index (χ3n) is 8.58. The number of nitrogens with zero attached hydrogens (tertiary/aromatic N) is 5. The first kappa shape index (κ1) is 25.6. The van der Waals surface area contributed by atoms with E-state index in [1.54, 1.807) is 0 Å². The summed E-state index contributed by atoms with van der Waals surface area (Å²) in [6.45, 7) is 17.5. The van der Waals surface area contributed by atoms with Gasteiger partial charge in [0, 0.05) is 56.8 Å². The van der Waals surface area contributed by atoms with E-state index < -0.39 is 5.60 Å². The molecule has 9 heteroatoms. The molecule has 1 atom stereocenters. The summed E-state index contributed by atoms with van der Waals surface area (Å²) >= 11 is 2.50. The average molecular weight is 600 g/mol. The number of anilines is 1. The maximum Gasteiger partial charge on any atom is 0.410 e. The SMILES string of the molecule is COC1CN(C2CCN(c3nn(C4CC5(C4)CN(C(=O)OC(C)(C)C)C5)c(C)c3I)C(C)(C)C2)C1. The molecule has 3 aliphatic heterocycles. The number of amides is 1. The predicted octanol–water partition coefficient (Wildman–Crippen LogP) is 4.45. The van der Waals surface area contributed by atoms with E-state index in [1.165, 1.54) is 15.7 Å². The highest BCUT2D eigenvalue weighted by Crippen LogP contribution is 2.55. The molecule has 0 aromatic carbocycles. The van der Waals surface area contributed by atoms with Crippen molar-refractivity contribution < 1.29 is 14.3 Å². The lowest BCUT2D eigenvalue weighted by molar-refractivity contribution is -0.0931. The van der Waals surface area contributed by atoms with Crippen LogP contribution in [-0.2, 0) is 9.47 Å². The van der Waals surface area contributed by atoms with Crippen molar-refractivity contribution in [1.82, 2.24) is 19.6 Å². The van der Waals surface area contributed by atoms with Crippen LogP contribution in [0.3, 0.4) is 0 Å². The van der Waals surface area contributed by atoms with Crippen molar-refractivity contribution in [2.75, 3.05) is 44.7 Å². The molecule has 5 rings (SSSR count). The summed E-state index contributed by atoms with van der Waals surface area (Å²) in [5.74, 6) is 1.15. The Bertz CT molecular complexity index is 966. The van der Waals surface area contributed by atoms with Crippen LogP contribution in [0.4, 0.5) is 10.6 Å². The molecule has 1 aromatic rings. The van der Waals surface area contributed by atoms with Crippen LogP contribution >= 0.6 is 22.6 Å². The quantitative estimate of drug-likeness (QED) is 0.477. The third kappa shape index (κ3) is 4.69. The number of halogens is 1. The van der Waals surface area contributed by atoms with Crippen molar-refractivity contribution in [3.63, 3.8) is 0 Å². The molecular weight excluding hydrogens is 557 g/mol. The van der Waals surface area contributed by atoms with E-state index in [9.17, 15) is 4.79 Å². The molecule has 4 aliphatic rings. The van der Waals surface area contributed by atoms with Gasteiger partial charge in [-0.1, -0.05) is 0 Å². The number of carbonyl (C=O) groups excluding carboxylic acids is 1. The highest BCUT2D eigenvalue weighted by Gasteiger charge is 2.55. The fraction of sp³-hybridized carbons (Fsp3) is 0.846. The Kier molecular flexibility index (Phi) is 6.40. The van der Waals surface area contributed by atoms with Crippen molar-refractivity contribution in [3.8, 4) is 0 Å². The van der Waals surface area contributed by atoms with Gasteiger partial charge in [0.2, 0.25) is 0 Å². The summed E-state index contributed by atoms with van der Waals surface area (Å²) in [4.78, 5) is 19.3. The molecule has 4 fully saturated rings. The molecule has 1 amide bonds. The van der Waals surface area contributed by atoms with E-state index >= 15 is 0 Å². The van der Waals surface area contributed by atoms with Gasteiger partial charge in [-0.25, -0.2) is 4.79 Å². The van der Waals surface area contributed by atoms with Gasteiger partial charge in [0.25, 0.3) is 0 Å². The van der Waals surface area contributed by atoms with Crippen LogP contribution in [0.5, 0.6) is 0 Å². The summed E-state index contributed by atoms with van der Waals surface area (Å²) in [7, 11) is 1.82. The molecule has 3 saturated heterocycles. The fourth-order valence-electron chi connectivity index (χ4n) is 6.59. The second kappa shape index (κ2) is 8.75. The number of rotatable bonds is 4. The van der Waals surface area contributed by atoms with Crippen LogP contribution in [0.25, 0.3) is 0 Å². The van der Waals surface area contributed by atoms with Crippen molar-refractivity contribution in [2.45, 2.75) is 96.6 Å². The van der Waals surface area contributed by atoms with Crippen LogP contribution in [0.1, 0.15) is 72.0 Å². The zero-order valence-electron chi connectivity index (χ0n) is 22.4. The molecule has 1 aliphatic carbocycles. The van der Waals surface area contributed by atoms with E-state index in [2.05, 4.69) is 57.8 Å². The Labute approximate surface area is 223 Å². The van der Waals surface area contributed by atoms with E-state index in [4.69, 9.17) is 14.6 Å². The van der Waals surface area contributed by atoms with Gasteiger partial charge in [0.15, 0.2) is 5.82 Å². The maximum absolute atomic E-state index is 12.3. The average Bonchev–Trinajstić information content (AvgIpc) is 2.92. The van der Waals surface area contributed by atoms with Gasteiger partial charge < -0.3 is 19.3 Å². The smallest absolute Gasteiger partial charge is 0.410 e. The van der Waals surface area contributed by atoms with Crippen molar-refractivity contribution >= 4 is 34.5 Å². The van der Waals surface area contributed by atoms with Gasteiger partial charge in [-0.05, 0) is 89.8 Å². The van der Waals surface area contributed by atoms with E-state index in [0.717, 1.165) is 57.8 Å². The van der Waals surface area contributed by atoms with Gasteiger partial charge in [-0.15, -0.1) is 0 Å². The molecule has 1 unspecified atom stereocenters. The summed E-state index contributed by atoms with van der Waals surface area (Å²) in [6, 6.07) is 1.05. The van der Waals surface area contributed by atoms with Gasteiger partial charge in [0.05, 0.1) is 21.4 Å². The minimum atomic E-state index is -0.439.